The smallest absolute Gasteiger partial charge is 0.469 e. The number of carboxylic acids is 1. The Morgan fingerprint density at radius 1 is 0.845 bits per heavy atom. The highest BCUT2D eigenvalue weighted by Crippen LogP contribution is 2.67. The first-order valence-corrected chi connectivity index (χ1v) is 25.8. The monoisotopic (exact) mass is 835 g/mol. The quantitative estimate of drug-likeness (QED) is 0.0387. The second-order valence-corrected chi connectivity index (χ2v) is 21.4. The fourth-order valence-electron chi connectivity index (χ4n) is 12.3. The number of phosphoric acid groups is 1. The molecule has 0 heterocycles. The molecule has 0 aliphatic heterocycles. The number of aliphatic carboxylic acids is 1. The Balaban J connectivity index is 1.24. The third-order valence-electron chi connectivity index (χ3n) is 15.6. The molecule has 0 spiro atoms. The van der Waals surface area contributed by atoms with Crippen LogP contribution in [-0.4, -0.2) is 52.4 Å². The third-order valence-corrected chi connectivity index (χ3v) is 16.1. The molecule has 4 aliphatic rings. The summed E-state index contributed by atoms with van der Waals surface area (Å²) in [6, 6.07) is 0. The maximum absolute atomic E-state index is 12.7. The van der Waals surface area contributed by atoms with Crippen LogP contribution in [0.4, 0.5) is 0 Å². The van der Waals surface area contributed by atoms with Crippen LogP contribution in [0.5, 0.6) is 0 Å². The van der Waals surface area contributed by atoms with Crippen molar-refractivity contribution in [1.29, 1.82) is 0 Å². The zero-order chi connectivity index (χ0) is 42.2. The molecule has 10 atom stereocenters. The lowest BCUT2D eigenvalue weighted by Crippen LogP contribution is -2.51. The molecule has 0 aromatic rings. The molecule has 0 radical (unpaired) electrons. The van der Waals surface area contributed by atoms with Crippen LogP contribution in [0.25, 0.3) is 0 Å². The zero-order valence-corrected chi connectivity index (χ0v) is 38.7. The Labute approximate surface area is 354 Å². The van der Waals surface area contributed by atoms with Crippen molar-refractivity contribution < 1.29 is 38.3 Å². The Bertz CT molecular complexity index is 1310. The summed E-state index contributed by atoms with van der Waals surface area (Å²) in [4.78, 5) is 31.6. The van der Waals surface area contributed by atoms with E-state index in [4.69, 9.17) is 14.0 Å². The number of hydrogen-bond donors (Lipinski definition) is 3. The van der Waals surface area contributed by atoms with E-state index in [0.29, 0.717) is 23.7 Å². The molecule has 58 heavy (non-hydrogen) atoms. The van der Waals surface area contributed by atoms with E-state index in [1.807, 2.05) is 0 Å². The van der Waals surface area contributed by atoms with Crippen LogP contribution >= 0.6 is 7.82 Å². The van der Waals surface area contributed by atoms with Gasteiger partial charge in [0.15, 0.2) is 6.10 Å². The van der Waals surface area contributed by atoms with Crippen molar-refractivity contribution in [2.45, 2.75) is 220 Å². The SMILES string of the molecule is CCCCCCCCC=CCCCCCCCCOC(COP(=O)(O)O)C(OC1CC[C@@]2(C)C(=CCC3C2CC[C@@]2(C)C3CC[C@@H]2[C@H](C)CCCC(C)C)C1)C(=O)O. The minimum atomic E-state index is -4.83. The molecule has 3 N–H and O–H groups in total. The fraction of sp³-hybridized carbons (Fsp3) is 0.898. The molecule has 3 fully saturated rings. The van der Waals surface area contributed by atoms with Gasteiger partial charge in [-0.1, -0.05) is 142 Å². The highest BCUT2D eigenvalue weighted by Gasteiger charge is 2.59. The Morgan fingerprint density at radius 3 is 2.14 bits per heavy atom. The number of phosphoric ester groups is 1. The van der Waals surface area contributed by atoms with E-state index in [0.717, 1.165) is 75.0 Å². The molecule has 9 heteroatoms. The van der Waals surface area contributed by atoms with E-state index >= 15 is 0 Å². The first-order chi connectivity index (χ1) is 27.7. The van der Waals surface area contributed by atoms with Crippen molar-refractivity contribution in [3.8, 4) is 0 Å². The summed E-state index contributed by atoms with van der Waals surface area (Å²) in [7, 11) is -4.83. The predicted octanol–water partition coefficient (Wildman–Crippen LogP) is 13.4. The van der Waals surface area contributed by atoms with Gasteiger partial charge in [0.1, 0.15) is 6.10 Å². The van der Waals surface area contributed by atoms with E-state index in [2.05, 4.69) is 59.8 Å². The van der Waals surface area contributed by atoms with Gasteiger partial charge < -0.3 is 24.4 Å². The zero-order valence-electron chi connectivity index (χ0n) is 37.9. The number of carboxylic acid groups (broad SMARTS) is 1. The van der Waals surface area contributed by atoms with Crippen LogP contribution in [0, 0.1) is 46.3 Å². The van der Waals surface area contributed by atoms with E-state index in [1.54, 1.807) is 0 Å². The van der Waals surface area contributed by atoms with E-state index in [9.17, 15) is 24.3 Å². The van der Waals surface area contributed by atoms with Crippen molar-refractivity contribution in [1.82, 2.24) is 0 Å². The van der Waals surface area contributed by atoms with E-state index in [-0.39, 0.29) is 18.1 Å². The summed E-state index contributed by atoms with van der Waals surface area (Å²) in [6.45, 7) is 14.3. The molecule has 8 nitrogen and oxygen atoms in total. The first kappa shape index (κ1) is 49.6. The van der Waals surface area contributed by atoms with Crippen LogP contribution in [0.1, 0.15) is 202 Å². The number of allylic oxidation sites excluding steroid dienone is 3. The molecule has 4 aliphatic carbocycles. The fourth-order valence-corrected chi connectivity index (χ4v) is 12.6. The molecular formula is C49H87O8P. The summed E-state index contributed by atoms with van der Waals surface area (Å²) in [5, 5.41) is 10.4. The average molecular weight is 835 g/mol. The maximum atomic E-state index is 12.7. The Hall–Kier alpha value is -1.02. The lowest BCUT2D eigenvalue weighted by atomic mass is 9.47. The first-order valence-electron chi connectivity index (χ1n) is 24.2. The molecule has 0 aromatic carbocycles. The van der Waals surface area contributed by atoms with Crippen LogP contribution in [0.15, 0.2) is 23.8 Å². The molecule has 4 rings (SSSR count). The van der Waals surface area contributed by atoms with Crippen molar-refractivity contribution in [3.63, 3.8) is 0 Å². The van der Waals surface area contributed by atoms with Crippen LogP contribution in [-0.2, 0) is 23.4 Å². The summed E-state index contributed by atoms with van der Waals surface area (Å²) in [5.74, 6) is 3.36. The number of ether oxygens (including phenoxy) is 2. The van der Waals surface area contributed by atoms with E-state index < -0.39 is 32.6 Å². The summed E-state index contributed by atoms with van der Waals surface area (Å²) in [5.41, 5.74) is 1.96. The average Bonchev–Trinajstić information content (AvgIpc) is 3.53. The van der Waals surface area contributed by atoms with Crippen LogP contribution < -0.4 is 0 Å². The van der Waals surface area contributed by atoms with Gasteiger partial charge in [0.2, 0.25) is 0 Å². The van der Waals surface area contributed by atoms with Gasteiger partial charge in [0.05, 0.1) is 12.7 Å². The standard InChI is InChI=1S/C49H87O8P/c1-7-8-9-10-11-12-13-14-15-16-17-18-19-20-21-22-34-55-45(36-56-58(52,53)54)46(47(50)51)57-40-30-32-48(5)39(35-40)26-27-41-43-29-28-42(38(4)25-23-24-37(2)3)49(43,6)33-31-44(41)48/h14-15,26,37-38,40-46H,7-13,16-25,27-36H2,1-6H3,(H,50,51)(H2,52,53,54)/t38-,40?,41?,42-,43?,44?,45?,46?,48+,49-/m1/s1. The lowest BCUT2D eigenvalue weighted by Gasteiger charge is -2.58. The van der Waals surface area contributed by atoms with Crippen molar-refractivity contribution >= 4 is 13.8 Å². The van der Waals surface area contributed by atoms with Gasteiger partial charge in [-0.25, -0.2) is 9.36 Å². The summed E-state index contributed by atoms with van der Waals surface area (Å²) in [6.07, 6.45) is 33.9. The molecular weight excluding hydrogens is 748 g/mol. The van der Waals surface area contributed by atoms with Gasteiger partial charge in [-0.05, 0) is 130 Å². The number of unbranched alkanes of at least 4 members (excludes halogenated alkanes) is 12. The molecule has 0 aromatic heterocycles. The normalized spacial score (nSPS) is 30.2. The van der Waals surface area contributed by atoms with Crippen LogP contribution in [0.3, 0.4) is 0 Å². The Morgan fingerprint density at radius 2 is 1.50 bits per heavy atom. The number of carbonyl (C=O) groups is 1. The highest BCUT2D eigenvalue weighted by atomic mass is 31.2. The summed E-state index contributed by atoms with van der Waals surface area (Å²) >= 11 is 0. The second kappa shape index (κ2) is 24.6. The van der Waals surface area contributed by atoms with Gasteiger partial charge >= 0.3 is 13.8 Å². The summed E-state index contributed by atoms with van der Waals surface area (Å²) < 4.78 is 28.9. The molecule has 0 bridgehead atoms. The van der Waals surface area contributed by atoms with Gasteiger partial charge in [-0.15, -0.1) is 0 Å². The van der Waals surface area contributed by atoms with Crippen LogP contribution in [0.2, 0.25) is 0 Å². The molecule has 0 amide bonds. The number of rotatable bonds is 29. The third kappa shape index (κ3) is 14.8. The van der Waals surface area contributed by atoms with Crippen molar-refractivity contribution in [2.75, 3.05) is 13.2 Å². The Kier molecular flexibility index (Phi) is 21.0. The lowest BCUT2D eigenvalue weighted by molar-refractivity contribution is -0.175. The van der Waals surface area contributed by atoms with Gasteiger partial charge in [-0.2, -0.15) is 0 Å². The minimum absolute atomic E-state index is 0.104. The topological polar surface area (TPSA) is 123 Å². The van der Waals surface area contributed by atoms with Gasteiger partial charge in [0, 0.05) is 6.61 Å². The second-order valence-electron chi connectivity index (χ2n) is 20.2. The van der Waals surface area contributed by atoms with E-state index in [1.165, 1.54) is 108 Å². The maximum Gasteiger partial charge on any atom is 0.469 e. The van der Waals surface area contributed by atoms with Gasteiger partial charge in [-0.3, -0.25) is 4.52 Å². The molecule has 336 valence electrons. The minimum Gasteiger partial charge on any atom is -0.479 e. The van der Waals surface area contributed by atoms with Crippen molar-refractivity contribution in [3.05, 3.63) is 23.8 Å². The largest absolute Gasteiger partial charge is 0.479 e. The molecule has 6 unspecified atom stereocenters. The predicted molar refractivity (Wildman–Crippen MR) is 237 cm³/mol. The molecule has 0 saturated heterocycles. The van der Waals surface area contributed by atoms with Crippen molar-refractivity contribution in [2.24, 2.45) is 46.3 Å². The number of hydrogen-bond acceptors (Lipinski definition) is 5. The number of fused-ring (bicyclic) bond motifs is 5. The molecule has 3 saturated carbocycles. The highest BCUT2D eigenvalue weighted by molar-refractivity contribution is 7.46. The van der Waals surface area contributed by atoms with Gasteiger partial charge in [0.25, 0.3) is 0 Å².